The minimum absolute atomic E-state index is 0.716. The number of halogens is 1. The van der Waals surface area contributed by atoms with Gasteiger partial charge in [-0.05, 0) is 34.7 Å². The molecule has 0 aliphatic heterocycles. The Balaban J connectivity index is 2.95. The number of thiophene rings is 1. The molecule has 0 N–H and O–H groups in total. The summed E-state index contributed by atoms with van der Waals surface area (Å²) in [5.41, 5.74) is 0.716. The van der Waals surface area contributed by atoms with Crippen molar-refractivity contribution in [1.29, 1.82) is 5.26 Å². The summed E-state index contributed by atoms with van der Waals surface area (Å²) < 4.78 is 2.23. The molecule has 1 heterocycles. The second-order valence-corrected chi connectivity index (χ2v) is 5.20. The Kier molecular flexibility index (Phi) is 2.49. The highest BCUT2D eigenvalue weighted by molar-refractivity contribution is 14.1. The summed E-state index contributed by atoms with van der Waals surface area (Å²) in [6.45, 7) is 0. The van der Waals surface area contributed by atoms with Gasteiger partial charge in [0.15, 0.2) is 0 Å². The molecule has 0 radical (unpaired) electrons. The van der Waals surface area contributed by atoms with E-state index in [4.69, 9.17) is 5.26 Å². The molecule has 0 bridgehead atoms. The number of hydrogen-bond donors (Lipinski definition) is 1. The van der Waals surface area contributed by atoms with Gasteiger partial charge in [-0.25, -0.2) is 0 Å². The zero-order valence-electron chi connectivity index (χ0n) is 6.41. The van der Waals surface area contributed by atoms with E-state index in [2.05, 4.69) is 47.4 Å². The number of fused-ring (bicyclic) bond motifs is 1. The maximum atomic E-state index is 8.92. The van der Waals surface area contributed by atoms with Crippen LogP contribution in [0.5, 0.6) is 0 Å². The van der Waals surface area contributed by atoms with Gasteiger partial charge in [0.25, 0.3) is 0 Å². The summed E-state index contributed by atoms with van der Waals surface area (Å²) in [6.07, 6.45) is 0. The molecule has 1 aromatic carbocycles. The average Bonchev–Trinajstić information content (AvgIpc) is 2.46. The molecule has 64 valence electrons. The predicted molar refractivity (Wildman–Crippen MR) is 66.5 cm³/mol. The van der Waals surface area contributed by atoms with Gasteiger partial charge in [0.2, 0.25) is 0 Å². The first kappa shape index (κ1) is 9.31. The number of benzene rings is 1. The molecule has 1 nitrogen and oxygen atoms in total. The van der Waals surface area contributed by atoms with Gasteiger partial charge in [0.1, 0.15) is 0 Å². The van der Waals surface area contributed by atoms with E-state index >= 15 is 0 Å². The summed E-state index contributed by atoms with van der Waals surface area (Å²) in [7, 11) is 0. The number of rotatable bonds is 0. The van der Waals surface area contributed by atoms with E-state index in [0.717, 1.165) is 18.6 Å². The first-order valence-corrected chi connectivity index (χ1v) is 5.93. The fourth-order valence-corrected chi connectivity index (χ4v) is 3.40. The van der Waals surface area contributed by atoms with Gasteiger partial charge < -0.3 is 0 Å². The van der Waals surface area contributed by atoms with Crippen LogP contribution in [0.4, 0.5) is 0 Å². The van der Waals surface area contributed by atoms with Crippen molar-refractivity contribution in [2.24, 2.45) is 0 Å². The van der Waals surface area contributed by atoms with Crippen LogP contribution in [0.2, 0.25) is 0 Å². The van der Waals surface area contributed by atoms with Crippen LogP contribution in [0.25, 0.3) is 10.1 Å². The SMILES string of the molecule is N#Cc1cc(I)cc2scc(S)c12. The third kappa shape index (κ3) is 1.56. The van der Waals surface area contributed by atoms with Crippen LogP contribution >= 0.6 is 46.6 Å². The summed E-state index contributed by atoms with van der Waals surface area (Å²) in [5, 5.41) is 11.9. The standard InChI is InChI=1S/C9H4INS2/c10-6-1-5(3-11)9-7(12)4-13-8(9)2-6/h1-2,4,12H. The molecule has 0 aliphatic rings. The van der Waals surface area contributed by atoms with Crippen LogP contribution in [0.1, 0.15) is 5.56 Å². The maximum Gasteiger partial charge on any atom is 0.0999 e. The molecular weight excluding hydrogens is 313 g/mol. The molecule has 0 spiro atoms. The van der Waals surface area contributed by atoms with E-state index < -0.39 is 0 Å². The van der Waals surface area contributed by atoms with Crippen LogP contribution in [-0.4, -0.2) is 0 Å². The molecular formula is C9H4INS2. The van der Waals surface area contributed by atoms with Crippen LogP contribution in [0, 0.1) is 14.9 Å². The molecule has 1 aromatic heterocycles. The molecule has 0 unspecified atom stereocenters. The number of nitriles is 1. The van der Waals surface area contributed by atoms with E-state index in [9.17, 15) is 0 Å². The van der Waals surface area contributed by atoms with Crippen LogP contribution in [0.15, 0.2) is 22.4 Å². The highest BCUT2D eigenvalue weighted by Gasteiger charge is 2.07. The van der Waals surface area contributed by atoms with Crippen molar-refractivity contribution in [3.8, 4) is 6.07 Å². The van der Waals surface area contributed by atoms with Crippen LogP contribution < -0.4 is 0 Å². The quantitative estimate of drug-likeness (QED) is 0.582. The van der Waals surface area contributed by atoms with Gasteiger partial charge in [0.05, 0.1) is 11.6 Å². The number of hydrogen-bond acceptors (Lipinski definition) is 3. The molecule has 0 fully saturated rings. The third-order valence-electron chi connectivity index (χ3n) is 1.74. The Morgan fingerprint density at radius 1 is 1.46 bits per heavy atom. The van der Waals surface area contributed by atoms with E-state index in [1.54, 1.807) is 11.3 Å². The Labute approximate surface area is 98.9 Å². The molecule has 13 heavy (non-hydrogen) atoms. The third-order valence-corrected chi connectivity index (χ3v) is 3.82. The lowest BCUT2D eigenvalue weighted by atomic mass is 10.1. The monoisotopic (exact) mass is 317 g/mol. The van der Waals surface area contributed by atoms with Gasteiger partial charge in [-0.3, -0.25) is 0 Å². The van der Waals surface area contributed by atoms with Crippen molar-refractivity contribution in [2.45, 2.75) is 4.90 Å². The second kappa shape index (κ2) is 3.48. The minimum atomic E-state index is 0.716. The molecule has 4 heteroatoms. The first-order chi connectivity index (χ1) is 6.22. The second-order valence-electron chi connectivity index (χ2n) is 2.56. The lowest BCUT2D eigenvalue weighted by Crippen LogP contribution is -1.78. The smallest absolute Gasteiger partial charge is 0.0999 e. The highest BCUT2D eigenvalue weighted by Crippen LogP contribution is 2.32. The Morgan fingerprint density at radius 3 is 2.92 bits per heavy atom. The normalized spacial score (nSPS) is 10.2. The van der Waals surface area contributed by atoms with Crippen LogP contribution in [0.3, 0.4) is 0 Å². The fourth-order valence-electron chi connectivity index (χ4n) is 1.21. The first-order valence-electron chi connectivity index (χ1n) is 3.52. The largest absolute Gasteiger partial charge is 0.192 e. The molecule has 0 saturated heterocycles. The lowest BCUT2D eigenvalue weighted by molar-refractivity contribution is 1.49. The fraction of sp³-hybridized carbons (Fsp3) is 0. The van der Waals surface area contributed by atoms with Crippen molar-refractivity contribution in [2.75, 3.05) is 0 Å². The van der Waals surface area contributed by atoms with Crippen LogP contribution in [-0.2, 0) is 0 Å². The Hall–Kier alpha value is -0.250. The molecule has 0 atom stereocenters. The van der Waals surface area contributed by atoms with E-state index in [0.29, 0.717) is 5.56 Å². The Morgan fingerprint density at radius 2 is 2.23 bits per heavy atom. The Bertz CT molecular complexity index is 510. The van der Waals surface area contributed by atoms with Gasteiger partial charge in [-0.1, -0.05) is 0 Å². The predicted octanol–water partition coefficient (Wildman–Crippen LogP) is 3.67. The zero-order chi connectivity index (χ0) is 9.42. The molecule has 2 rings (SSSR count). The zero-order valence-corrected chi connectivity index (χ0v) is 10.3. The van der Waals surface area contributed by atoms with Crippen molar-refractivity contribution < 1.29 is 0 Å². The van der Waals surface area contributed by atoms with Gasteiger partial charge in [-0.15, -0.1) is 24.0 Å². The van der Waals surface area contributed by atoms with Crippen molar-refractivity contribution in [3.63, 3.8) is 0 Å². The van der Waals surface area contributed by atoms with Crippen molar-refractivity contribution >= 4 is 56.6 Å². The van der Waals surface area contributed by atoms with E-state index in [1.807, 2.05) is 11.4 Å². The molecule has 0 aliphatic carbocycles. The van der Waals surface area contributed by atoms with E-state index in [-0.39, 0.29) is 0 Å². The van der Waals surface area contributed by atoms with E-state index in [1.165, 1.54) is 0 Å². The minimum Gasteiger partial charge on any atom is -0.192 e. The summed E-state index contributed by atoms with van der Waals surface area (Å²) in [5.74, 6) is 0. The van der Waals surface area contributed by atoms with Crippen molar-refractivity contribution in [3.05, 3.63) is 26.6 Å². The summed E-state index contributed by atoms with van der Waals surface area (Å²) in [4.78, 5) is 0.896. The molecule has 0 amide bonds. The lowest BCUT2D eigenvalue weighted by Gasteiger charge is -1.96. The van der Waals surface area contributed by atoms with Gasteiger partial charge in [0, 0.05) is 23.9 Å². The summed E-state index contributed by atoms with van der Waals surface area (Å²) in [6, 6.07) is 6.15. The maximum absolute atomic E-state index is 8.92. The van der Waals surface area contributed by atoms with Crippen molar-refractivity contribution in [1.82, 2.24) is 0 Å². The summed E-state index contributed by atoms with van der Waals surface area (Å²) >= 11 is 8.16. The number of nitrogens with zero attached hydrogens (tertiary/aromatic N) is 1. The van der Waals surface area contributed by atoms with Gasteiger partial charge in [-0.2, -0.15) is 5.26 Å². The van der Waals surface area contributed by atoms with Gasteiger partial charge >= 0.3 is 0 Å². The molecule has 0 saturated carbocycles. The highest BCUT2D eigenvalue weighted by atomic mass is 127. The average molecular weight is 317 g/mol. The molecule has 2 aromatic rings. The topological polar surface area (TPSA) is 23.8 Å². The number of thiol groups is 1.